The van der Waals surface area contributed by atoms with Crippen molar-refractivity contribution in [1.82, 2.24) is 50.5 Å². The normalized spacial score (nSPS) is 11.2. The predicted molar refractivity (Wildman–Crippen MR) is 227 cm³/mol. The van der Waals surface area contributed by atoms with Gasteiger partial charge in [0.05, 0.1) is 51.1 Å². The van der Waals surface area contributed by atoms with E-state index >= 15 is 0 Å². The van der Waals surface area contributed by atoms with Crippen LogP contribution in [0, 0.1) is 0 Å². The molecule has 0 spiro atoms. The van der Waals surface area contributed by atoms with Crippen LogP contribution in [-0.2, 0) is 10.0 Å². The fraction of sp³-hybridized carbons (Fsp3) is 0.0250. The smallest absolute Gasteiger partial charge is 0.229 e. The molecule has 15 nitrogen and oxygen atoms in total. The van der Waals surface area contributed by atoms with E-state index in [1.54, 1.807) is 55.1 Å². The standard InChI is InChI=1S/C20H13ClN8.C20H16ClN5O2S/c21-15-8-16(10-22-9-15)25-20-17-7-13(4-5-18(17)23-11-24-20)12-2-1-3-14(6-12)19-26-28-29-27-19;1-29(27,28)26-16-4-2-3-13(7-16)14-5-6-19-18(8-14)20(24-12-23-19)25-17-9-15(21)10-22-11-17/h1-11H,(H,23,24,25)(H,26,27,28,29);2-12,26H,1H3,(H,23,24,25). The fourth-order valence-corrected chi connectivity index (χ4v) is 6.91. The average molecular weight is 827 g/mol. The molecular formula is C40H29Cl2N13O2S. The highest BCUT2D eigenvalue weighted by Crippen LogP contribution is 2.32. The summed E-state index contributed by atoms with van der Waals surface area (Å²) in [5, 5.41) is 23.4. The summed E-state index contributed by atoms with van der Waals surface area (Å²) in [6.45, 7) is 0. The predicted octanol–water partition coefficient (Wildman–Crippen LogP) is 8.73. The number of sulfonamides is 1. The van der Waals surface area contributed by atoms with Gasteiger partial charge in [-0.2, -0.15) is 5.21 Å². The molecule has 0 aliphatic carbocycles. The van der Waals surface area contributed by atoms with Crippen molar-refractivity contribution in [3.8, 4) is 33.6 Å². The number of tetrazole rings is 1. The zero-order chi connectivity index (χ0) is 40.1. The van der Waals surface area contributed by atoms with E-state index in [-0.39, 0.29) is 0 Å². The molecule has 4 aromatic carbocycles. The molecular weight excluding hydrogens is 798 g/mol. The van der Waals surface area contributed by atoms with Gasteiger partial charge in [-0.05, 0) is 82.1 Å². The number of anilines is 5. The average Bonchev–Trinajstić information content (AvgIpc) is 3.77. The minimum Gasteiger partial charge on any atom is -0.338 e. The van der Waals surface area contributed by atoms with Gasteiger partial charge in [0.2, 0.25) is 15.8 Å². The van der Waals surface area contributed by atoms with Crippen molar-refractivity contribution in [2.45, 2.75) is 0 Å². The van der Waals surface area contributed by atoms with E-state index in [1.807, 2.05) is 66.7 Å². The lowest BCUT2D eigenvalue weighted by molar-refractivity contribution is 0.607. The Morgan fingerprint density at radius 2 is 1.10 bits per heavy atom. The molecule has 58 heavy (non-hydrogen) atoms. The molecule has 0 radical (unpaired) electrons. The van der Waals surface area contributed by atoms with Crippen LogP contribution in [-0.4, -0.2) is 65.2 Å². The van der Waals surface area contributed by atoms with E-state index < -0.39 is 10.0 Å². The largest absolute Gasteiger partial charge is 0.338 e. The first-order valence-corrected chi connectivity index (χ1v) is 20.0. The molecule has 0 aliphatic heterocycles. The number of halogens is 2. The molecule has 286 valence electrons. The quantitative estimate of drug-likeness (QED) is 0.108. The van der Waals surface area contributed by atoms with Crippen LogP contribution in [0.3, 0.4) is 0 Å². The first kappa shape index (κ1) is 37.8. The van der Waals surface area contributed by atoms with E-state index in [0.717, 1.165) is 61.6 Å². The summed E-state index contributed by atoms with van der Waals surface area (Å²) >= 11 is 12.1. The molecule has 0 bridgehead atoms. The summed E-state index contributed by atoms with van der Waals surface area (Å²) < 4.78 is 25.5. The van der Waals surface area contributed by atoms with Crippen LogP contribution in [0.25, 0.3) is 55.4 Å². The highest BCUT2D eigenvalue weighted by molar-refractivity contribution is 7.92. The van der Waals surface area contributed by atoms with Crippen LogP contribution >= 0.6 is 23.2 Å². The van der Waals surface area contributed by atoms with Crippen molar-refractivity contribution >= 4 is 83.7 Å². The number of pyridine rings is 2. The number of aromatic amines is 1. The number of H-pyrrole nitrogens is 1. The Bertz CT molecular complexity index is 3030. The lowest BCUT2D eigenvalue weighted by Gasteiger charge is -2.11. The minimum atomic E-state index is -3.35. The van der Waals surface area contributed by atoms with Gasteiger partial charge >= 0.3 is 0 Å². The van der Waals surface area contributed by atoms with E-state index in [0.29, 0.717) is 38.9 Å². The van der Waals surface area contributed by atoms with Gasteiger partial charge in [-0.1, -0.05) is 65.7 Å². The molecule has 0 amide bonds. The highest BCUT2D eigenvalue weighted by atomic mass is 35.5. The molecule has 9 rings (SSSR count). The summed E-state index contributed by atoms with van der Waals surface area (Å²) in [5.41, 5.74) is 8.24. The summed E-state index contributed by atoms with van der Waals surface area (Å²) in [5.74, 6) is 1.84. The number of rotatable bonds is 9. The van der Waals surface area contributed by atoms with Gasteiger partial charge < -0.3 is 10.6 Å². The van der Waals surface area contributed by atoms with E-state index in [2.05, 4.69) is 65.9 Å². The van der Waals surface area contributed by atoms with Crippen molar-refractivity contribution in [3.05, 3.63) is 145 Å². The summed E-state index contributed by atoms with van der Waals surface area (Å²) in [6.07, 6.45) is 10.6. The minimum absolute atomic E-state index is 0.498. The third-order valence-corrected chi connectivity index (χ3v) is 9.52. The Morgan fingerprint density at radius 1 is 0.569 bits per heavy atom. The maximum atomic E-state index is 11.5. The van der Waals surface area contributed by atoms with Crippen LogP contribution in [0.2, 0.25) is 10.0 Å². The van der Waals surface area contributed by atoms with Crippen molar-refractivity contribution in [2.75, 3.05) is 21.6 Å². The Labute approximate surface area is 341 Å². The van der Waals surface area contributed by atoms with Crippen LogP contribution in [0.15, 0.2) is 135 Å². The molecule has 0 atom stereocenters. The molecule has 5 heterocycles. The third kappa shape index (κ3) is 9.11. The van der Waals surface area contributed by atoms with Crippen molar-refractivity contribution < 1.29 is 8.42 Å². The van der Waals surface area contributed by atoms with Gasteiger partial charge in [-0.3, -0.25) is 14.7 Å². The molecule has 0 aliphatic rings. The number of hydrogen-bond acceptors (Lipinski definition) is 13. The zero-order valence-electron chi connectivity index (χ0n) is 30.2. The highest BCUT2D eigenvalue weighted by Gasteiger charge is 2.11. The number of hydrogen-bond donors (Lipinski definition) is 4. The van der Waals surface area contributed by atoms with Gasteiger partial charge in [-0.25, -0.2) is 28.4 Å². The second-order valence-corrected chi connectivity index (χ2v) is 15.3. The van der Waals surface area contributed by atoms with Crippen molar-refractivity contribution in [3.63, 3.8) is 0 Å². The van der Waals surface area contributed by atoms with Crippen molar-refractivity contribution in [1.29, 1.82) is 0 Å². The molecule has 5 aromatic heterocycles. The fourth-order valence-electron chi connectivity index (χ4n) is 6.00. The Kier molecular flexibility index (Phi) is 10.8. The van der Waals surface area contributed by atoms with E-state index in [9.17, 15) is 8.42 Å². The number of benzene rings is 4. The Morgan fingerprint density at radius 3 is 1.64 bits per heavy atom. The molecule has 0 saturated heterocycles. The second-order valence-electron chi connectivity index (χ2n) is 12.7. The van der Waals surface area contributed by atoms with E-state index in [4.69, 9.17) is 23.2 Å². The van der Waals surface area contributed by atoms with Crippen molar-refractivity contribution in [2.24, 2.45) is 0 Å². The maximum Gasteiger partial charge on any atom is 0.229 e. The number of nitrogens with zero attached hydrogens (tertiary/aromatic N) is 9. The number of fused-ring (bicyclic) bond motifs is 2. The molecule has 18 heteroatoms. The third-order valence-electron chi connectivity index (χ3n) is 8.50. The van der Waals surface area contributed by atoms with E-state index in [1.165, 1.54) is 12.7 Å². The van der Waals surface area contributed by atoms with Crippen LogP contribution in [0.5, 0.6) is 0 Å². The van der Waals surface area contributed by atoms with Gasteiger partial charge in [0.15, 0.2) is 0 Å². The summed E-state index contributed by atoms with van der Waals surface area (Å²) in [6, 6.07) is 30.5. The maximum absolute atomic E-state index is 11.5. The second kappa shape index (κ2) is 16.5. The van der Waals surface area contributed by atoms with Crippen LogP contribution in [0.4, 0.5) is 28.7 Å². The monoisotopic (exact) mass is 825 g/mol. The molecule has 0 saturated carbocycles. The van der Waals surface area contributed by atoms with Gasteiger partial charge in [-0.15, -0.1) is 10.2 Å². The first-order valence-electron chi connectivity index (χ1n) is 17.3. The SMILES string of the molecule is CS(=O)(=O)Nc1cccc(-c2ccc3ncnc(Nc4cncc(Cl)c4)c3c2)c1.Clc1cncc(Nc2ncnc3ccc(-c4cccc(-c5nn[nH]n5)c4)cc23)c1. The number of aromatic nitrogens is 10. The molecule has 0 unspecified atom stereocenters. The van der Waals surface area contributed by atoms with Gasteiger partial charge in [0.1, 0.15) is 24.3 Å². The number of nitrogens with one attached hydrogen (secondary N) is 4. The molecule has 0 fully saturated rings. The molecule has 4 N–H and O–H groups in total. The lowest BCUT2D eigenvalue weighted by Crippen LogP contribution is -2.09. The topological polar surface area (TPSA) is 202 Å². The van der Waals surface area contributed by atoms with Gasteiger partial charge in [0.25, 0.3) is 0 Å². The van der Waals surface area contributed by atoms with Crippen LogP contribution in [0.1, 0.15) is 0 Å². The van der Waals surface area contributed by atoms with Gasteiger partial charge in [0, 0.05) is 34.4 Å². The summed E-state index contributed by atoms with van der Waals surface area (Å²) in [4.78, 5) is 25.6. The Hall–Kier alpha value is -7.14. The lowest BCUT2D eigenvalue weighted by atomic mass is 10.0. The first-order chi connectivity index (χ1) is 28.1. The Balaban J connectivity index is 0.000000162. The zero-order valence-corrected chi connectivity index (χ0v) is 32.5. The summed E-state index contributed by atoms with van der Waals surface area (Å²) in [7, 11) is -3.35. The van der Waals surface area contributed by atoms with Crippen LogP contribution < -0.4 is 15.4 Å². The molecule has 9 aromatic rings.